The van der Waals surface area contributed by atoms with Gasteiger partial charge < -0.3 is 0 Å². The molecule has 15 heavy (non-hydrogen) atoms. The molecule has 0 spiro atoms. The standard InChI is InChI=1S/C14H18S/c1-3-4-5-6-9-12-15-14-11-8-7-10-13(14)2/h3-5,7-8,10-11H,1,6,9,12H2,2H3/b5-4+/i5D. The van der Waals surface area contributed by atoms with Gasteiger partial charge in [0.1, 0.15) is 0 Å². The second-order valence-corrected chi connectivity index (χ2v) is 4.46. The maximum absolute atomic E-state index is 7.58. The molecule has 1 rings (SSSR count). The molecule has 0 saturated heterocycles. The lowest BCUT2D eigenvalue weighted by atomic mass is 10.2. The van der Waals surface area contributed by atoms with Crippen LogP contribution in [0.2, 0.25) is 0 Å². The van der Waals surface area contributed by atoms with Crippen LogP contribution < -0.4 is 0 Å². The van der Waals surface area contributed by atoms with Crippen LogP contribution in [0.5, 0.6) is 0 Å². The number of hydrogen-bond acceptors (Lipinski definition) is 1. The van der Waals surface area contributed by atoms with Crippen LogP contribution in [0.15, 0.2) is 53.9 Å². The SMILES string of the molecule is [2H]/C(=C\C=C)CCCSc1ccccc1C. The fraction of sp³-hybridized carbons (Fsp3) is 0.286. The van der Waals surface area contributed by atoms with Gasteiger partial charge in [0.15, 0.2) is 0 Å². The van der Waals surface area contributed by atoms with E-state index in [1.165, 1.54) is 10.5 Å². The first kappa shape index (κ1) is 10.6. The van der Waals surface area contributed by atoms with Crippen LogP contribution in [0.4, 0.5) is 0 Å². The Morgan fingerprint density at radius 3 is 3.00 bits per heavy atom. The predicted molar refractivity (Wildman–Crippen MR) is 70.5 cm³/mol. The first-order valence-corrected chi connectivity index (χ1v) is 6.19. The number of rotatable bonds is 6. The summed E-state index contributed by atoms with van der Waals surface area (Å²) in [7, 11) is 0. The highest BCUT2D eigenvalue weighted by molar-refractivity contribution is 7.99. The summed E-state index contributed by atoms with van der Waals surface area (Å²) in [6.45, 7) is 5.72. The van der Waals surface area contributed by atoms with E-state index in [9.17, 15) is 0 Å². The van der Waals surface area contributed by atoms with Crippen molar-refractivity contribution in [1.29, 1.82) is 0 Å². The third kappa shape index (κ3) is 4.89. The van der Waals surface area contributed by atoms with Crippen LogP contribution in [-0.4, -0.2) is 5.75 Å². The molecule has 0 fully saturated rings. The summed E-state index contributed by atoms with van der Waals surface area (Å²) in [6.07, 6.45) is 5.32. The van der Waals surface area contributed by atoms with Gasteiger partial charge >= 0.3 is 0 Å². The summed E-state index contributed by atoms with van der Waals surface area (Å²) in [4.78, 5) is 1.35. The van der Waals surface area contributed by atoms with Gasteiger partial charge in [-0.25, -0.2) is 0 Å². The maximum Gasteiger partial charge on any atom is 0.0576 e. The fourth-order valence-corrected chi connectivity index (χ4v) is 2.22. The Hall–Kier alpha value is -0.950. The van der Waals surface area contributed by atoms with Gasteiger partial charge in [0.25, 0.3) is 0 Å². The quantitative estimate of drug-likeness (QED) is 0.382. The van der Waals surface area contributed by atoms with Crippen LogP contribution in [-0.2, 0) is 0 Å². The number of hydrogen-bond donors (Lipinski definition) is 0. The lowest BCUT2D eigenvalue weighted by Crippen LogP contribution is -1.82. The molecular weight excluding hydrogens is 200 g/mol. The smallest absolute Gasteiger partial charge is 0.0576 e. The number of benzene rings is 1. The third-order valence-corrected chi connectivity index (χ3v) is 3.31. The van der Waals surface area contributed by atoms with Gasteiger partial charge in [0, 0.05) is 4.90 Å². The van der Waals surface area contributed by atoms with Crippen molar-refractivity contribution in [3.8, 4) is 0 Å². The lowest BCUT2D eigenvalue weighted by Gasteiger charge is -2.03. The van der Waals surface area contributed by atoms with E-state index in [0.29, 0.717) is 6.05 Å². The minimum Gasteiger partial charge on any atom is -0.126 e. The van der Waals surface area contributed by atoms with Gasteiger partial charge in [-0.05, 0) is 37.1 Å². The molecule has 0 aliphatic carbocycles. The lowest BCUT2D eigenvalue weighted by molar-refractivity contribution is 0.971. The minimum absolute atomic E-state index is 0.667. The van der Waals surface area contributed by atoms with Crippen molar-refractivity contribution >= 4 is 11.8 Å². The van der Waals surface area contributed by atoms with Crippen molar-refractivity contribution in [3.05, 3.63) is 54.6 Å². The molecular formula is C14H18S. The molecule has 0 aromatic heterocycles. The Balaban J connectivity index is 2.29. The summed E-state index contributed by atoms with van der Waals surface area (Å²) < 4.78 is 7.58. The molecule has 0 heterocycles. The Morgan fingerprint density at radius 1 is 1.47 bits per heavy atom. The second kappa shape index (κ2) is 7.36. The van der Waals surface area contributed by atoms with Gasteiger partial charge in [0.2, 0.25) is 0 Å². The molecule has 0 atom stereocenters. The van der Waals surface area contributed by atoms with Gasteiger partial charge in [0.05, 0.1) is 1.37 Å². The van der Waals surface area contributed by atoms with Crippen molar-refractivity contribution < 1.29 is 1.37 Å². The normalized spacial score (nSPS) is 12.3. The molecule has 0 bridgehead atoms. The summed E-state index contributed by atoms with van der Waals surface area (Å²) >= 11 is 1.87. The van der Waals surface area contributed by atoms with Gasteiger partial charge in [-0.3, -0.25) is 0 Å². The first-order valence-electron chi connectivity index (χ1n) is 5.70. The molecule has 80 valence electrons. The molecule has 0 N–H and O–H groups in total. The first-order chi connectivity index (χ1) is 7.74. The highest BCUT2D eigenvalue weighted by Crippen LogP contribution is 2.22. The van der Waals surface area contributed by atoms with E-state index in [2.05, 4.69) is 37.8 Å². The molecule has 1 aromatic carbocycles. The average Bonchev–Trinajstić information content (AvgIpc) is 2.27. The molecule has 0 amide bonds. The van der Waals surface area contributed by atoms with Crippen LogP contribution in [0.1, 0.15) is 19.8 Å². The largest absolute Gasteiger partial charge is 0.126 e. The van der Waals surface area contributed by atoms with Gasteiger partial charge in [-0.15, -0.1) is 11.8 Å². The van der Waals surface area contributed by atoms with E-state index in [1.807, 2.05) is 11.8 Å². The molecule has 0 unspecified atom stereocenters. The summed E-state index contributed by atoms with van der Waals surface area (Å²) in [5.74, 6) is 1.07. The van der Waals surface area contributed by atoms with Crippen LogP contribution in [0.3, 0.4) is 0 Å². The Kier molecular flexibility index (Phi) is 5.18. The van der Waals surface area contributed by atoms with Crippen LogP contribution >= 0.6 is 11.8 Å². The zero-order chi connectivity index (χ0) is 11.8. The van der Waals surface area contributed by atoms with Crippen molar-refractivity contribution in [1.82, 2.24) is 0 Å². The minimum atomic E-state index is 0.667. The highest BCUT2D eigenvalue weighted by Gasteiger charge is 1.96. The molecule has 1 aromatic rings. The summed E-state index contributed by atoms with van der Waals surface area (Å²) in [5, 5.41) is 0. The third-order valence-electron chi connectivity index (χ3n) is 2.05. The average molecular weight is 219 g/mol. The summed E-state index contributed by atoms with van der Waals surface area (Å²) in [5.41, 5.74) is 1.33. The van der Waals surface area contributed by atoms with Gasteiger partial charge in [-0.2, -0.15) is 0 Å². The van der Waals surface area contributed by atoms with E-state index < -0.39 is 0 Å². The Labute approximate surface area is 98.5 Å². The second-order valence-electron chi connectivity index (χ2n) is 3.32. The number of allylic oxidation sites excluding steroid dienone is 3. The Bertz CT molecular complexity index is 369. The molecule has 1 heteroatoms. The van der Waals surface area contributed by atoms with Crippen molar-refractivity contribution in [2.45, 2.75) is 24.7 Å². The molecule has 0 radical (unpaired) electrons. The van der Waals surface area contributed by atoms with E-state index in [4.69, 9.17) is 1.37 Å². The molecule has 0 saturated carbocycles. The molecule has 0 nitrogen and oxygen atoms in total. The van der Waals surface area contributed by atoms with Crippen molar-refractivity contribution in [2.75, 3.05) is 5.75 Å². The predicted octanol–water partition coefficient (Wildman–Crippen LogP) is 4.61. The maximum atomic E-state index is 7.58. The van der Waals surface area contributed by atoms with Crippen LogP contribution in [0.25, 0.3) is 0 Å². The van der Waals surface area contributed by atoms with Crippen molar-refractivity contribution in [3.63, 3.8) is 0 Å². The van der Waals surface area contributed by atoms with Gasteiger partial charge in [-0.1, -0.05) is 43.0 Å². The zero-order valence-electron chi connectivity index (χ0n) is 10.2. The monoisotopic (exact) mass is 219 g/mol. The van der Waals surface area contributed by atoms with Crippen LogP contribution in [0, 0.1) is 6.92 Å². The van der Waals surface area contributed by atoms with E-state index in [0.717, 1.165) is 18.6 Å². The number of aryl methyl sites for hydroxylation is 1. The van der Waals surface area contributed by atoms with Crippen molar-refractivity contribution in [2.24, 2.45) is 0 Å². The zero-order valence-corrected chi connectivity index (χ0v) is 10.0. The van der Waals surface area contributed by atoms with E-state index in [-0.39, 0.29) is 0 Å². The summed E-state index contributed by atoms with van der Waals surface area (Å²) in [6, 6.07) is 9.09. The highest BCUT2D eigenvalue weighted by atomic mass is 32.2. The van der Waals surface area contributed by atoms with E-state index in [1.54, 1.807) is 12.2 Å². The topological polar surface area (TPSA) is 0 Å². The Morgan fingerprint density at radius 2 is 2.27 bits per heavy atom. The molecule has 0 aliphatic heterocycles. The number of thioether (sulfide) groups is 1. The van der Waals surface area contributed by atoms with E-state index >= 15 is 0 Å². The fourth-order valence-electron chi connectivity index (χ4n) is 1.24. The molecule has 0 aliphatic rings.